The Morgan fingerprint density at radius 3 is 2.06 bits per heavy atom. The van der Waals surface area contributed by atoms with Gasteiger partial charge in [-0.3, -0.25) is 9.69 Å². The van der Waals surface area contributed by atoms with E-state index in [-0.39, 0.29) is 18.0 Å². The quantitative estimate of drug-likeness (QED) is 0.0850. The van der Waals surface area contributed by atoms with Crippen LogP contribution in [0.3, 0.4) is 0 Å². The Bertz CT molecular complexity index is 1600. The van der Waals surface area contributed by atoms with Crippen LogP contribution >= 0.6 is 0 Å². The Morgan fingerprint density at radius 2 is 1.38 bits per heavy atom. The molecule has 0 aromatic heterocycles. The van der Waals surface area contributed by atoms with E-state index in [2.05, 4.69) is 89.8 Å². The minimum atomic E-state index is -0.286. The third kappa shape index (κ3) is 10.1. The van der Waals surface area contributed by atoms with Crippen LogP contribution in [0.1, 0.15) is 94.4 Å². The predicted molar refractivity (Wildman–Crippen MR) is 193 cm³/mol. The summed E-state index contributed by atoms with van der Waals surface area (Å²) in [5.41, 5.74) is 10.2. The normalized spacial score (nSPS) is 14.0. The Kier molecular flexibility index (Phi) is 13.4. The van der Waals surface area contributed by atoms with Crippen LogP contribution in [0, 0.1) is 0 Å². The summed E-state index contributed by atoms with van der Waals surface area (Å²) in [5.74, 6) is -0.399. The summed E-state index contributed by atoms with van der Waals surface area (Å²) < 4.78 is 10.2. The third-order valence-electron chi connectivity index (χ3n) is 9.71. The van der Waals surface area contributed by atoms with Gasteiger partial charge < -0.3 is 9.47 Å². The first-order chi connectivity index (χ1) is 23.5. The Balaban J connectivity index is 1.23. The van der Waals surface area contributed by atoms with E-state index in [4.69, 9.17) is 9.47 Å². The molecule has 0 spiro atoms. The Hall–Kier alpha value is -4.22. The average Bonchev–Trinajstić information content (AvgIpc) is 3.13. The molecule has 252 valence electrons. The van der Waals surface area contributed by atoms with E-state index >= 15 is 0 Å². The van der Waals surface area contributed by atoms with E-state index in [1.807, 2.05) is 19.1 Å². The Morgan fingerprint density at radius 1 is 0.729 bits per heavy atom. The second-order valence-electron chi connectivity index (χ2n) is 12.9. The maximum absolute atomic E-state index is 12.2. The maximum Gasteiger partial charge on any atom is 0.337 e. The second kappa shape index (κ2) is 18.4. The van der Waals surface area contributed by atoms with Gasteiger partial charge in [0, 0.05) is 19.0 Å². The summed E-state index contributed by atoms with van der Waals surface area (Å²) in [4.78, 5) is 26.9. The molecule has 0 bridgehead atoms. The number of nitrogens with zero attached hydrogens (tertiary/aromatic N) is 1. The van der Waals surface area contributed by atoms with Crippen molar-refractivity contribution in [2.75, 3.05) is 26.8 Å². The SMILES string of the molecule is CCOC(=O)CCCCN(CCc1ccccc1CCc1ccc(CCc2ccccc2)cc1)C1CCCc2cc(C(=O)OC)ccc21. The number of aryl methyl sites for hydroxylation is 5. The third-order valence-corrected chi connectivity index (χ3v) is 9.71. The highest BCUT2D eigenvalue weighted by molar-refractivity contribution is 5.89. The van der Waals surface area contributed by atoms with Crippen LogP contribution in [0.15, 0.2) is 97.1 Å². The number of hydrogen-bond acceptors (Lipinski definition) is 5. The lowest BCUT2D eigenvalue weighted by Gasteiger charge is -2.36. The minimum Gasteiger partial charge on any atom is -0.466 e. The van der Waals surface area contributed by atoms with Crippen molar-refractivity contribution in [2.45, 2.75) is 83.6 Å². The molecule has 4 aromatic carbocycles. The molecular weight excluding hydrogens is 594 g/mol. The number of unbranched alkanes of at least 4 members (excludes halogenated alkanes) is 1. The van der Waals surface area contributed by atoms with Crippen molar-refractivity contribution in [1.29, 1.82) is 0 Å². The Labute approximate surface area is 287 Å². The van der Waals surface area contributed by atoms with Crippen LogP contribution in [0.2, 0.25) is 0 Å². The summed E-state index contributed by atoms with van der Waals surface area (Å²) in [6.45, 7) is 4.14. The molecule has 0 radical (unpaired) electrons. The van der Waals surface area contributed by atoms with Crippen molar-refractivity contribution in [3.8, 4) is 0 Å². The minimum absolute atomic E-state index is 0.113. The molecule has 0 N–H and O–H groups in total. The van der Waals surface area contributed by atoms with Crippen molar-refractivity contribution in [3.63, 3.8) is 0 Å². The molecule has 5 rings (SSSR count). The van der Waals surface area contributed by atoms with Gasteiger partial charge in [0.05, 0.1) is 19.3 Å². The number of esters is 2. The summed E-state index contributed by atoms with van der Waals surface area (Å²) in [5, 5.41) is 0. The van der Waals surface area contributed by atoms with Gasteiger partial charge in [-0.15, -0.1) is 0 Å². The van der Waals surface area contributed by atoms with E-state index in [0.29, 0.717) is 18.6 Å². The van der Waals surface area contributed by atoms with E-state index in [9.17, 15) is 9.59 Å². The highest BCUT2D eigenvalue weighted by atomic mass is 16.5. The van der Waals surface area contributed by atoms with Crippen LogP contribution in [0.5, 0.6) is 0 Å². The molecule has 0 saturated heterocycles. The molecule has 0 amide bonds. The van der Waals surface area contributed by atoms with Gasteiger partial charge in [0.25, 0.3) is 0 Å². The fourth-order valence-corrected chi connectivity index (χ4v) is 7.05. The fraction of sp³-hybridized carbons (Fsp3) is 0.395. The van der Waals surface area contributed by atoms with Crippen molar-refractivity contribution < 1.29 is 19.1 Å². The summed E-state index contributed by atoms with van der Waals surface area (Å²) in [6.07, 6.45) is 10.5. The van der Waals surface area contributed by atoms with Gasteiger partial charge in [-0.25, -0.2) is 4.79 Å². The highest BCUT2D eigenvalue weighted by Gasteiger charge is 2.27. The zero-order chi connectivity index (χ0) is 33.6. The molecule has 1 aliphatic rings. The van der Waals surface area contributed by atoms with Crippen LogP contribution in [0.25, 0.3) is 0 Å². The van der Waals surface area contributed by atoms with Crippen LogP contribution in [-0.2, 0) is 52.8 Å². The number of benzene rings is 4. The van der Waals surface area contributed by atoms with E-state index in [0.717, 1.165) is 77.3 Å². The zero-order valence-corrected chi connectivity index (χ0v) is 28.8. The van der Waals surface area contributed by atoms with Crippen LogP contribution in [0.4, 0.5) is 0 Å². The molecule has 1 atom stereocenters. The topological polar surface area (TPSA) is 55.8 Å². The monoisotopic (exact) mass is 645 g/mol. The van der Waals surface area contributed by atoms with E-state index < -0.39 is 0 Å². The smallest absolute Gasteiger partial charge is 0.337 e. The molecule has 0 heterocycles. The summed E-state index contributed by atoms with van der Waals surface area (Å²) in [7, 11) is 1.43. The van der Waals surface area contributed by atoms with Gasteiger partial charge in [0.15, 0.2) is 0 Å². The van der Waals surface area contributed by atoms with Crippen molar-refractivity contribution in [2.24, 2.45) is 0 Å². The zero-order valence-electron chi connectivity index (χ0n) is 28.8. The van der Waals surface area contributed by atoms with E-state index in [1.165, 1.54) is 46.1 Å². The van der Waals surface area contributed by atoms with Crippen molar-refractivity contribution in [1.82, 2.24) is 4.90 Å². The molecule has 0 fully saturated rings. The second-order valence-corrected chi connectivity index (χ2v) is 12.9. The fourth-order valence-electron chi connectivity index (χ4n) is 7.05. The molecule has 48 heavy (non-hydrogen) atoms. The molecule has 5 nitrogen and oxygen atoms in total. The number of carbonyl (C=O) groups is 2. The molecule has 0 saturated carbocycles. The molecule has 1 unspecified atom stereocenters. The lowest BCUT2D eigenvalue weighted by atomic mass is 9.85. The first kappa shape index (κ1) is 35.1. The molecule has 4 aromatic rings. The number of carbonyl (C=O) groups excluding carboxylic acids is 2. The van der Waals surface area contributed by atoms with Gasteiger partial charge in [-0.2, -0.15) is 0 Å². The number of hydrogen-bond donors (Lipinski definition) is 0. The van der Waals surface area contributed by atoms with Gasteiger partial charge in [-0.1, -0.05) is 84.9 Å². The molecule has 1 aliphatic carbocycles. The molecule has 0 aliphatic heterocycles. The van der Waals surface area contributed by atoms with Gasteiger partial charge >= 0.3 is 11.9 Å². The van der Waals surface area contributed by atoms with Crippen LogP contribution in [-0.4, -0.2) is 43.6 Å². The van der Waals surface area contributed by atoms with Gasteiger partial charge in [0.2, 0.25) is 0 Å². The van der Waals surface area contributed by atoms with Crippen LogP contribution < -0.4 is 0 Å². The number of ether oxygens (including phenoxy) is 2. The number of rotatable bonds is 17. The molecule has 5 heteroatoms. The summed E-state index contributed by atoms with van der Waals surface area (Å²) in [6, 6.07) is 35.1. The average molecular weight is 646 g/mol. The van der Waals surface area contributed by atoms with Gasteiger partial charge in [0.1, 0.15) is 0 Å². The van der Waals surface area contributed by atoms with E-state index in [1.54, 1.807) is 0 Å². The highest BCUT2D eigenvalue weighted by Crippen LogP contribution is 2.35. The standard InChI is InChI=1S/C43H51NO4/c1-3-48-42(45)18-9-10-30-44(41-17-11-16-38-32-39(43(46)47-2)27-28-40(38)41)31-29-37-15-8-7-14-36(37)26-25-35-23-21-34(22-24-35)20-19-33-12-5-4-6-13-33/h4-8,12-15,21-24,27-28,32,41H,3,9-11,16-20,25-26,29-31H2,1-2H3. The lowest BCUT2D eigenvalue weighted by Crippen LogP contribution is -2.34. The first-order valence-electron chi connectivity index (χ1n) is 17.8. The van der Waals surface area contributed by atoms with Crippen molar-refractivity contribution >= 4 is 11.9 Å². The molecular formula is C43H51NO4. The maximum atomic E-state index is 12.2. The predicted octanol–water partition coefficient (Wildman–Crippen LogP) is 8.70. The lowest BCUT2D eigenvalue weighted by molar-refractivity contribution is -0.143. The number of fused-ring (bicyclic) bond motifs is 1. The van der Waals surface area contributed by atoms with Gasteiger partial charge in [-0.05, 0) is 129 Å². The van der Waals surface area contributed by atoms with Crippen molar-refractivity contribution in [3.05, 3.63) is 142 Å². The largest absolute Gasteiger partial charge is 0.466 e. The first-order valence-corrected chi connectivity index (χ1v) is 17.8. The summed E-state index contributed by atoms with van der Waals surface area (Å²) >= 11 is 0. The number of methoxy groups -OCH3 is 1.